The number of benzene rings is 3. The lowest BCUT2D eigenvalue weighted by Gasteiger charge is -2.22. The summed E-state index contributed by atoms with van der Waals surface area (Å²) in [5.41, 5.74) is 4.62. The zero-order chi connectivity index (χ0) is 26.9. The van der Waals surface area contributed by atoms with Gasteiger partial charge in [-0.05, 0) is 70.2 Å². The first-order valence-corrected chi connectivity index (χ1v) is 12.7. The first-order valence-electron chi connectivity index (χ1n) is 12.3. The molecule has 0 aliphatic carbocycles. The minimum atomic E-state index is -1.47. The van der Waals surface area contributed by atoms with Crippen molar-refractivity contribution in [1.82, 2.24) is 0 Å². The molecule has 1 heterocycles. The second-order valence-electron chi connectivity index (χ2n) is 9.56. The van der Waals surface area contributed by atoms with Gasteiger partial charge in [0, 0.05) is 58.7 Å². The first kappa shape index (κ1) is 26.8. The van der Waals surface area contributed by atoms with Crippen molar-refractivity contribution < 1.29 is 22.5 Å². The van der Waals surface area contributed by atoms with Gasteiger partial charge in [-0.2, -0.15) is 4.58 Å². The summed E-state index contributed by atoms with van der Waals surface area (Å²) < 4.78 is 49.3. The van der Waals surface area contributed by atoms with E-state index in [-0.39, 0.29) is 6.54 Å². The van der Waals surface area contributed by atoms with Crippen LogP contribution in [0.4, 0.5) is 24.5 Å². The van der Waals surface area contributed by atoms with Crippen molar-refractivity contribution in [3.05, 3.63) is 93.8 Å². The highest BCUT2D eigenvalue weighted by molar-refractivity contribution is 6.30. The summed E-state index contributed by atoms with van der Waals surface area (Å²) in [5, 5.41) is 0.601. The zero-order valence-corrected chi connectivity index (χ0v) is 22.5. The van der Waals surface area contributed by atoms with Gasteiger partial charge in [0.05, 0.1) is 12.5 Å². The number of hydrogen-bond acceptors (Lipinski definition) is 2. The van der Waals surface area contributed by atoms with Crippen molar-refractivity contribution in [1.29, 1.82) is 0 Å². The quantitative estimate of drug-likeness (QED) is 0.218. The summed E-state index contributed by atoms with van der Waals surface area (Å²) in [4.78, 5) is 2.24. The number of nitrogens with zero attached hydrogens (tertiary/aromatic N) is 2. The van der Waals surface area contributed by atoms with Crippen LogP contribution in [0.15, 0.2) is 54.6 Å². The van der Waals surface area contributed by atoms with Crippen LogP contribution in [-0.2, 0) is 12.0 Å². The lowest BCUT2D eigenvalue weighted by Crippen LogP contribution is -2.27. The van der Waals surface area contributed by atoms with E-state index in [2.05, 4.69) is 38.7 Å². The maximum absolute atomic E-state index is 14.0. The van der Waals surface area contributed by atoms with Crippen molar-refractivity contribution in [2.75, 3.05) is 25.1 Å². The highest BCUT2D eigenvalue weighted by Gasteiger charge is 2.44. The molecule has 3 nitrogen and oxygen atoms in total. The summed E-state index contributed by atoms with van der Waals surface area (Å²) in [6, 6.07) is 13.8. The Labute approximate surface area is 221 Å². The molecule has 0 fully saturated rings. The summed E-state index contributed by atoms with van der Waals surface area (Å²) in [5.74, 6) is -3.14. The number of fused-ring (bicyclic) bond motifs is 1. The Hall–Kier alpha value is -3.25. The number of methoxy groups -OCH3 is 1. The van der Waals surface area contributed by atoms with Crippen LogP contribution >= 0.6 is 11.6 Å². The summed E-state index contributed by atoms with van der Waals surface area (Å²) >= 11 is 6.33. The van der Waals surface area contributed by atoms with Gasteiger partial charge in [0.2, 0.25) is 5.69 Å². The largest absolute Gasteiger partial charge is 0.496 e. The van der Waals surface area contributed by atoms with Crippen molar-refractivity contribution in [3.63, 3.8) is 0 Å². The number of hydrogen-bond donors (Lipinski definition) is 0. The molecular weight excluding hydrogens is 497 g/mol. The van der Waals surface area contributed by atoms with E-state index < -0.39 is 22.9 Å². The molecule has 0 bridgehead atoms. The van der Waals surface area contributed by atoms with Crippen molar-refractivity contribution >= 4 is 34.8 Å². The number of ether oxygens (including phenoxy) is 1. The Kier molecular flexibility index (Phi) is 7.69. The van der Waals surface area contributed by atoms with E-state index >= 15 is 0 Å². The molecule has 0 N–H and O–H groups in total. The number of halogens is 4. The van der Waals surface area contributed by atoms with Crippen molar-refractivity contribution in [3.8, 4) is 5.75 Å². The van der Waals surface area contributed by atoms with Gasteiger partial charge in [-0.15, -0.1) is 0 Å². The maximum Gasteiger partial charge on any atom is 0.210 e. The third-order valence-electron chi connectivity index (χ3n) is 7.00. The first-order chi connectivity index (χ1) is 17.6. The molecule has 3 aromatic rings. The molecule has 0 unspecified atom stereocenters. The Balaban J connectivity index is 1.81. The molecule has 0 spiro atoms. The molecule has 0 saturated carbocycles. The van der Waals surface area contributed by atoms with E-state index in [4.69, 9.17) is 16.3 Å². The van der Waals surface area contributed by atoms with Crippen molar-refractivity contribution in [2.45, 2.75) is 39.7 Å². The molecule has 0 aromatic heterocycles. The standard InChI is InChI=1S/C30H31ClF3N2O/c1-6-35(7-2)22-11-8-20(27(17-22)37-5)9-13-28-30(3,4)23-16-21(31)10-12-26(23)36(28)18-19-14-24(32)29(34)25(33)15-19/h8-17H,6-7,18H2,1-5H3/q+1. The molecular formula is C30H31ClF3N2O+. The average Bonchev–Trinajstić information content (AvgIpc) is 3.07. The Bertz CT molecular complexity index is 1370. The van der Waals surface area contributed by atoms with Crippen LogP contribution in [0.5, 0.6) is 5.75 Å². The lowest BCUT2D eigenvalue weighted by atomic mass is 9.81. The lowest BCUT2D eigenvalue weighted by molar-refractivity contribution is -0.455. The molecule has 7 heteroatoms. The molecule has 0 radical (unpaired) electrons. The topological polar surface area (TPSA) is 15.5 Å². The van der Waals surface area contributed by atoms with Crippen LogP contribution in [0.3, 0.4) is 0 Å². The van der Waals surface area contributed by atoms with Crippen LogP contribution in [0.2, 0.25) is 5.02 Å². The van der Waals surface area contributed by atoms with Gasteiger partial charge in [0.1, 0.15) is 5.75 Å². The van der Waals surface area contributed by atoms with Gasteiger partial charge >= 0.3 is 0 Å². The van der Waals surface area contributed by atoms with E-state index in [0.717, 1.165) is 59.2 Å². The fraction of sp³-hybridized carbons (Fsp3) is 0.300. The SMILES string of the molecule is CCN(CC)c1ccc(/C=C/C2=[N+](Cc3cc(F)c(F)c(F)c3)c3ccc(Cl)cc3C2(C)C)c(OC)c1. The second kappa shape index (κ2) is 10.6. The fourth-order valence-electron chi connectivity index (χ4n) is 4.99. The zero-order valence-electron chi connectivity index (χ0n) is 21.7. The number of rotatable bonds is 8. The molecule has 194 valence electrons. The minimum absolute atomic E-state index is 0.157. The molecule has 1 aliphatic heterocycles. The van der Waals surface area contributed by atoms with Crippen LogP contribution in [0.25, 0.3) is 6.08 Å². The number of allylic oxidation sites excluding steroid dienone is 1. The molecule has 1 aliphatic rings. The highest BCUT2D eigenvalue weighted by Crippen LogP contribution is 2.42. The minimum Gasteiger partial charge on any atom is -0.496 e. The predicted octanol–water partition coefficient (Wildman–Crippen LogP) is 7.90. The average molecular weight is 528 g/mol. The maximum atomic E-state index is 14.0. The van der Waals surface area contributed by atoms with E-state index in [9.17, 15) is 13.2 Å². The molecule has 0 saturated heterocycles. The fourth-order valence-corrected chi connectivity index (χ4v) is 5.16. The van der Waals surface area contributed by atoms with E-state index in [1.165, 1.54) is 0 Å². The number of anilines is 1. The third kappa shape index (κ3) is 5.12. The normalized spacial score (nSPS) is 14.4. The molecule has 4 rings (SSSR count). The van der Waals surface area contributed by atoms with E-state index in [0.29, 0.717) is 10.6 Å². The van der Waals surface area contributed by atoms with Crippen LogP contribution < -0.4 is 9.64 Å². The van der Waals surface area contributed by atoms with Crippen LogP contribution in [0.1, 0.15) is 44.4 Å². The predicted molar refractivity (Wildman–Crippen MR) is 145 cm³/mol. The molecule has 0 atom stereocenters. The van der Waals surface area contributed by atoms with E-state index in [1.54, 1.807) is 13.2 Å². The molecule has 37 heavy (non-hydrogen) atoms. The molecule has 3 aromatic carbocycles. The Morgan fingerprint density at radius 2 is 1.62 bits per heavy atom. The molecule has 0 amide bonds. The Morgan fingerprint density at radius 3 is 2.24 bits per heavy atom. The Morgan fingerprint density at radius 1 is 0.946 bits per heavy atom. The summed E-state index contributed by atoms with van der Waals surface area (Å²) in [7, 11) is 1.65. The van der Waals surface area contributed by atoms with Gasteiger partial charge < -0.3 is 9.64 Å². The van der Waals surface area contributed by atoms with Gasteiger partial charge in [-0.3, -0.25) is 0 Å². The van der Waals surface area contributed by atoms with Gasteiger partial charge in [0.25, 0.3) is 0 Å². The highest BCUT2D eigenvalue weighted by atomic mass is 35.5. The second-order valence-corrected chi connectivity index (χ2v) is 10.00. The van der Waals surface area contributed by atoms with Crippen molar-refractivity contribution in [2.24, 2.45) is 0 Å². The monoisotopic (exact) mass is 527 g/mol. The van der Waals surface area contributed by atoms with E-state index in [1.807, 2.05) is 41.0 Å². The van der Waals surface area contributed by atoms with Gasteiger partial charge in [-0.1, -0.05) is 11.6 Å². The smallest absolute Gasteiger partial charge is 0.210 e. The van der Waals surface area contributed by atoms with Gasteiger partial charge in [-0.25, -0.2) is 13.2 Å². The third-order valence-corrected chi connectivity index (χ3v) is 7.24. The van der Waals surface area contributed by atoms with Gasteiger partial charge in [0.15, 0.2) is 29.7 Å². The summed E-state index contributed by atoms with van der Waals surface area (Å²) in [6.07, 6.45) is 3.98. The summed E-state index contributed by atoms with van der Waals surface area (Å²) in [6.45, 7) is 10.3. The van der Waals surface area contributed by atoms with Crippen LogP contribution in [0, 0.1) is 17.5 Å². The van der Waals surface area contributed by atoms with Crippen LogP contribution in [-0.4, -0.2) is 30.5 Å².